The minimum atomic E-state index is -0.216. The molecule has 0 N–H and O–H groups in total. The zero-order valence-corrected chi connectivity index (χ0v) is 13.0. The summed E-state index contributed by atoms with van der Waals surface area (Å²) in [7, 11) is 0. The van der Waals surface area contributed by atoms with Gasteiger partial charge in [-0.2, -0.15) is 0 Å². The molecule has 0 atom stereocenters. The molecule has 3 fully saturated rings. The highest BCUT2D eigenvalue weighted by molar-refractivity contribution is 6.04. The molecule has 1 aliphatic carbocycles. The Kier molecular flexibility index (Phi) is 3.25. The van der Waals surface area contributed by atoms with Crippen molar-refractivity contribution in [2.75, 3.05) is 19.6 Å². The second kappa shape index (κ2) is 5.18. The van der Waals surface area contributed by atoms with Crippen molar-refractivity contribution in [3.8, 4) is 0 Å². The van der Waals surface area contributed by atoms with Crippen LogP contribution in [0.25, 0.3) is 0 Å². The van der Waals surface area contributed by atoms with E-state index in [-0.39, 0.29) is 42.5 Å². The molecule has 3 amide bonds. The highest BCUT2D eigenvalue weighted by Crippen LogP contribution is 2.55. The SMILES string of the molecule is O=C(CN1C(=O)CCC1=O)N1CC2(CC(c3ccccc3)C2)C1. The predicted octanol–water partition coefficient (Wildman–Crippen LogP) is 1.54. The molecule has 4 rings (SSSR count). The number of rotatable bonds is 3. The van der Waals surface area contributed by atoms with E-state index in [2.05, 4.69) is 24.3 Å². The number of amides is 3. The van der Waals surface area contributed by atoms with E-state index in [4.69, 9.17) is 0 Å². The Morgan fingerprint density at radius 3 is 2.26 bits per heavy atom. The standard InChI is InChI=1S/C18H20N2O3/c21-15-6-7-16(22)20(15)10-17(23)19-11-18(12-19)8-14(9-18)13-4-2-1-3-5-13/h1-5,14H,6-12H2. The van der Waals surface area contributed by atoms with Gasteiger partial charge in [-0.15, -0.1) is 0 Å². The van der Waals surface area contributed by atoms with Crippen molar-refractivity contribution in [1.29, 1.82) is 0 Å². The van der Waals surface area contributed by atoms with Crippen LogP contribution in [0.3, 0.4) is 0 Å². The molecule has 0 aromatic heterocycles. The molecule has 120 valence electrons. The monoisotopic (exact) mass is 312 g/mol. The Morgan fingerprint density at radius 2 is 1.65 bits per heavy atom. The Hall–Kier alpha value is -2.17. The highest BCUT2D eigenvalue weighted by atomic mass is 16.2. The molecule has 1 saturated carbocycles. The van der Waals surface area contributed by atoms with Crippen LogP contribution in [0.1, 0.15) is 37.2 Å². The van der Waals surface area contributed by atoms with Crippen LogP contribution in [-0.4, -0.2) is 47.2 Å². The second-order valence-electron chi connectivity index (χ2n) is 7.14. The number of likely N-dealkylation sites (tertiary alicyclic amines) is 2. The number of benzene rings is 1. The van der Waals surface area contributed by atoms with Gasteiger partial charge in [0.15, 0.2) is 0 Å². The third-order valence-electron chi connectivity index (χ3n) is 5.48. The molecule has 0 unspecified atom stereocenters. The van der Waals surface area contributed by atoms with Gasteiger partial charge in [-0.25, -0.2) is 0 Å². The number of imide groups is 1. The first kappa shape index (κ1) is 14.4. The minimum absolute atomic E-state index is 0.0736. The topological polar surface area (TPSA) is 57.7 Å². The molecular weight excluding hydrogens is 292 g/mol. The van der Waals surface area contributed by atoms with E-state index in [1.807, 2.05) is 6.07 Å². The van der Waals surface area contributed by atoms with E-state index < -0.39 is 0 Å². The molecule has 5 nitrogen and oxygen atoms in total. The number of carbonyl (C=O) groups excluding carboxylic acids is 3. The van der Waals surface area contributed by atoms with Gasteiger partial charge in [0.05, 0.1) is 0 Å². The molecule has 2 saturated heterocycles. The van der Waals surface area contributed by atoms with E-state index >= 15 is 0 Å². The fourth-order valence-electron chi connectivity index (χ4n) is 4.18. The lowest BCUT2D eigenvalue weighted by Gasteiger charge is -2.59. The van der Waals surface area contributed by atoms with Gasteiger partial charge in [0.1, 0.15) is 6.54 Å². The smallest absolute Gasteiger partial charge is 0.242 e. The lowest BCUT2D eigenvalue weighted by atomic mass is 9.56. The first-order valence-electron chi connectivity index (χ1n) is 8.22. The molecule has 3 aliphatic rings. The van der Waals surface area contributed by atoms with E-state index in [0.29, 0.717) is 5.92 Å². The second-order valence-corrected chi connectivity index (χ2v) is 7.14. The fourth-order valence-corrected chi connectivity index (χ4v) is 4.18. The summed E-state index contributed by atoms with van der Waals surface area (Å²) in [5, 5.41) is 0. The van der Waals surface area contributed by atoms with Gasteiger partial charge in [0, 0.05) is 31.3 Å². The summed E-state index contributed by atoms with van der Waals surface area (Å²) in [6.45, 7) is 1.46. The number of hydrogen-bond donors (Lipinski definition) is 0. The molecule has 23 heavy (non-hydrogen) atoms. The van der Waals surface area contributed by atoms with Gasteiger partial charge < -0.3 is 4.90 Å². The lowest BCUT2D eigenvalue weighted by Crippen LogP contribution is -2.64. The summed E-state index contributed by atoms with van der Waals surface area (Å²) in [4.78, 5) is 38.3. The summed E-state index contributed by atoms with van der Waals surface area (Å²) in [6.07, 6.45) is 2.74. The van der Waals surface area contributed by atoms with Gasteiger partial charge in [0.25, 0.3) is 0 Å². The summed E-state index contributed by atoms with van der Waals surface area (Å²) in [6, 6.07) is 10.5. The summed E-state index contributed by atoms with van der Waals surface area (Å²) in [5.74, 6) is 0.0790. The molecule has 1 spiro atoms. The van der Waals surface area contributed by atoms with Crippen LogP contribution in [0, 0.1) is 5.41 Å². The van der Waals surface area contributed by atoms with E-state index in [1.165, 1.54) is 5.56 Å². The van der Waals surface area contributed by atoms with Gasteiger partial charge >= 0.3 is 0 Å². The summed E-state index contributed by atoms with van der Waals surface area (Å²) < 4.78 is 0. The van der Waals surface area contributed by atoms with Crippen molar-refractivity contribution in [1.82, 2.24) is 9.80 Å². The molecular formula is C18H20N2O3. The third-order valence-corrected chi connectivity index (χ3v) is 5.48. The van der Waals surface area contributed by atoms with E-state index in [0.717, 1.165) is 30.8 Å². The van der Waals surface area contributed by atoms with Crippen molar-refractivity contribution in [3.63, 3.8) is 0 Å². The van der Waals surface area contributed by atoms with Gasteiger partial charge in [0.2, 0.25) is 17.7 Å². The lowest BCUT2D eigenvalue weighted by molar-refractivity contribution is -0.157. The normalized spacial score (nSPS) is 23.1. The van der Waals surface area contributed by atoms with Crippen LogP contribution in [0.4, 0.5) is 0 Å². The quantitative estimate of drug-likeness (QED) is 0.796. The van der Waals surface area contributed by atoms with Gasteiger partial charge in [-0.1, -0.05) is 30.3 Å². The van der Waals surface area contributed by atoms with Gasteiger partial charge in [-0.05, 0) is 24.3 Å². The number of nitrogens with zero attached hydrogens (tertiary/aromatic N) is 2. The molecule has 0 radical (unpaired) electrons. The number of carbonyl (C=O) groups is 3. The average Bonchev–Trinajstić information content (AvgIpc) is 2.77. The maximum absolute atomic E-state index is 12.2. The van der Waals surface area contributed by atoms with Crippen molar-refractivity contribution in [2.45, 2.75) is 31.6 Å². The Balaban J connectivity index is 1.28. The summed E-state index contributed by atoms with van der Waals surface area (Å²) >= 11 is 0. The zero-order chi connectivity index (χ0) is 16.0. The average molecular weight is 312 g/mol. The van der Waals surface area contributed by atoms with Crippen LogP contribution in [0.2, 0.25) is 0 Å². The molecule has 5 heteroatoms. The molecule has 2 heterocycles. The highest BCUT2D eigenvalue weighted by Gasteiger charge is 2.54. The Bertz CT molecular complexity index is 640. The van der Waals surface area contributed by atoms with E-state index in [1.54, 1.807) is 4.90 Å². The maximum Gasteiger partial charge on any atom is 0.242 e. The largest absolute Gasteiger partial charge is 0.340 e. The molecule has 0 bridgehead atoms. The third kappa shape index (κ3) is 2.44. The predicted molar refractivity (Wildman–Crippen MR) is 83.4 cm³/mol. The van der Waals surface area contributed by atoms with Crippen LogP contribution < -0.4 is 0 Å². The van der Waals surface area contributed by atoms with E-state index in [9.17, 15) is 14.4 Å². The number of hydrogen-bond acceptors (Lipinski definition) is 3. The zero-order valence-electron chi connectivity index (χ0n) is 13.0. The summed E-state index contributed by atoms with van der Waals surface area (Å²) in [5.41, 5.74) is 1.66. The minimum Gasteiger partial charge on any atom is -0.340 e. The first-order chi connectivity index (χ1) is 11.1. The van der Waals surface area contributed by atoms with Crippen molar-refractivity contribution < 1.29 is 14.4 Å². The Labute approximate surface area is 135 Å². The van der Waals surface area contributed by atoms with Crippen molar-refractivity contribution in [2.24, 2.45) is 5.41 Å². The van der Waals surface area contributed by atoms with Crippen molar-refractivity contribution >= 4 is 17.7 Å². The molecule has 2 aliphatic heterocycles. The first-order valence-corrected chi connectivity index (χ1v) is 8.22. The molecule has 1 aromatic rings. The Morgan fingerprint density at radius 1 is 1.04 bits per heavy atom. The molecule has 1 aromatic carbocycles. The van der Waals surface area contributed by atoms with Crippen LogP contribution >= 0.6 is 0 Å². The fraction of sp³-hybridized carbons (Fsp3) is 0.500. The van der Waals surface area contributed by atoms with Crippen molar-refractivity contribution in [3.05, 3.63) is 35.9 Å². The van der Waals surface area contributed by atoms with Crippen LogP contribution in [-0.2, 0) is 14.4 Å². The van der Waals surface area contributed by atoms with Gasteiger partial charge in [-0.3, -0.25) is 19.3 Å². The van der Waals surface area contributed by atoms with Crippen LogP contribution in [0.5, 0.6) is 0 Å². The maximum atomic E-state index is 12.2. The van der Waals surface area contributed by atoms with Crippen LogP contribution in [0.15, 0.2) is 30.3 Å².